The van der Waals surface area contributed by atoms with Gasteiger partial charge in [-0.15, -0.1) is 13.2 Å². The zero-order valence-corrected chi connectivity index (χ0v) is 13.5. The normalized spacial score (nSPS) is 17.3. The number of anilines is 1. The van der Waals surface area contributed by atoms with Gasteiger partial charge in [0.15, 0.2) is 5.13 Å². The standard InChI is InChI=1S/C14H13F3N4O3S/c15-14(16,17)24-7-1-2-8-10(5-7)25-13(19-8)20-12(23)9-3-4-21(9)11(22)6-18/h1-2,5,9H,3-4,6,18H2,(H,19,20,23). The molecule has 3 N–H and O–H groups in total. The number of fused-ring (bicyclic) bond motifs is 1. The van der Waals surface area contributed by atoms with Gasteiger partial charge < -0.3 is 20.7 Å². The summed E-state index contributed by atoms with van der Waals surface area (Å²) in [4.78, 5) is 29.3. The molecule has 0 aliphatic carbocycles. The topological polar surface area (TPSA) is 97.6 Å². The molecule has 0 spiro atoms. The van der Waals surface area contributed by atoms with Crippen molar-refractivity contribution in [3.05, 3.63) is 18.2 Å². The van der Waals surface area contributed by atoms with Gasteiger partial charge in [-0.25, -0.2) is 4.98 Å². The third-order valence-corrected chi connectivity index (χ3v) is 4.57. The van der Waals surface area contributed by atoms with Crippen LogP contribution in [-0.2, 0) is 9.59 Å². The largest absolute Gasteiger partial charge is 0.573 e. The number of aromatic nitrogens is 1. The number of rotatable bonds is 4. The number of likely N-dealkylation sites (tertiary alicyclic amines) is 1. The van der Waals surface area contributed by atoms with E-state index in [9.17, 15) is 22.8 Å². The Kier molecular flexibility index (Phi) is 4.52. The Morgan fingerprint density at radius 1 is 1.44 bits per heavy atom. The molecule has 0 bridgehead atoms. The number of carbonyl (C=O) groups is 2. The van der Waals surface area contributed by atoms with Crippen LogP contribution in [0, 0.1) is 0 Å². The van der Waals surface area contributed by atoms with Crippen LogP contribution in [0.2, 0.25) is 0 Å². The van der Waals surface area contributed by atoms with E-state index in [1.54, 1.807) is 0 Å². The Balaban J connectivity index is 1.72. The van der Waals surface area contributed by atoms with Crippen molar-refractivity contribution in [2.75, 3.05) is 18.4 Å². The van der Waals surface area contributed by atoms with Crippen molar-refractivity contribution >= 4 is 38.5 Å². The molecule has 11 heteroatoms. The van der Waals surface area contributed by atoms with Gasteiger partial charge in [0.05, 0.1) is 16.8 Å². The number of amides is 2. The van der Waals surface area contributed by atoms with Crippen LogP contribution in [0.15, 0.2) is 18.2 Å². The zero-order chi connectivity index (χ0) is 18.2. The summed E-state index contributed by atoms with van der Waals surface area (Å²) in [7, 11) is 0. The Morgan fingerprint density at radius 2 is 2.20 bits per heavy atom. The average Bonchev–Trinajstić information content (AvgIpc) is 2.85. The highest BCUT2D eigenvalue weighted by Gasteiger charge is 2.37. The molecule has 3 rings (SSSR count). The molecule has 1 saturated heterocycles. The maximum atomic E-state index is 12.3. The van der Waals surface area contributed by atoms with Gasteiger partial charge in [0.2, 0.25) is 11.8 Å². The van der Waals surface area contributed by atoms with Crippen molar-refractivity contribution < 1.29 is 27.5 Å². The lowest BCUT2D eigenvalue weighted by Crippen LogP contribution is -2.58. The predicted octanol–water partition coefficient (Wildman–Crippen LogP) is 1.69. The van der Waals surface area contributed by atoms with Crippen molar-refractivity contribution in [2.45, 2.75) is 18.8 Å². The fourth-order valence-corrected chi connectivity index (χ4v) is 3.32. The maximum Gasteiger partial charge on any atom is 0.573 e. The number of hydrogen-bond acceptors (Lipinski definition) is 6. The molecule has 0 radical (unpaired) electrons. The molecule has 7 nitrogen and oxygen atoms in total. The first-order chi connectivity index (χ1) is 11.8. The van der Waals surface area contributed by atoms with Crippen molar-refractivity contribution in [3.63, 3.8) is 0 Å². The molecule has 2 aromatic rings. The minimum atomic E-state index is -4.78. The molecular weight excluding hydrogens is 361 g/mol. The van der Waals surface area contributed by atoms with E-state index in [0.29, 0.717) is 23.2 Å². The lowest BCUT2D eigenvalue weighted by Gasteiger charge is -2.39. The van der Waals surface area contributed by atoms with E-state index in [1.165, 1.54) is 17.0 Å². The lowest BCUT2D eigenvalue weighted by molar-refractivity contribution is -0.274. The van der Waals surface area contributed by atoms with Crippen LogP contribution in [-0.4, -0.2) is 47.2 Å². The van der Waals surface area contributed by atoms with E-state index in [1.807, 2.05) is 0 Å². The van der Waals surface area contributed by atoms with Gasteiger partial charge >= 0.3 is 6.36 Å². The number of alkyl halides is 3. The van der Waals surface area contributed by atoms with Crippen LogP contribution in [0.3, 0.4) is 0 Å². The minimum Gasteiger partial charge on any atom is -0.406 e. The summed E-state index contributed by atoms with van der Waals surface area (Å²) in [6.45, 7) is 0.291. The first-order valence-electron chi connectivity index (χ1n) is 7.23. The number of nitrogens with two attached hydrogens (primary N) is 1. The van der Waals surface area contributed by atoms with Crippen LogP contribution in [0.5, 0.6) is 5.75 Å². The van der Waals surface area contributed by atoms with E-state index in [2.05, 4.69) is 15.0 Å². The predicted molar refractivity (Wildman–Crippen MR) is 84.1 cm³/mol. The monoisotopic (exact) mass is 374 g/mol. The van der Waals surface area contributed by atoms with E-state index in [4.69, 9.17) is 5.73 Å². The van der Waals surface area contributed by atoms with Gasteiger partial charge in [0.25, 0.3) is 0 Å². The van der Waals surface area contributed by atoms with Crippen molar-refractivity contribution in [2.24, 2.45) is 5.73 Å². The number of ether oxygens (including phenoxy) is 1. The number of carbonyl (C=O) groups excluding carboxylic acids is 2. The first-order valence-corrected chi connectivity index (χ1v) is 8.05. The van der Waals surface area contributed by atoms with Crippen LogP contribution in [0.25, 0.3) is 10.2 Å². The first kappa shape index (κ1) is 17.4. The Labute approximate surface area is 143 Å². The van der Waals surface area contributed by atoms with Crippen molar-refractivity contribution in [1.29, 1.82) is 0 Å². The third-order valence-electron chi connectivity index (χ3n) is 3.64. The van der Waals surface area contributed by atoms with Crippen LogP contribution in [0.4, 0.5) is 18.3 Å². The van der Waals surface area contributed by atoms with E-state index >= 15 is 0 Å². The SMILES string of the molecule is NCC(=O)N1CCC1C(=O)Nc1nc2ccc(OC(F)(F)F)cc2s1. The summed E-state index contributed by atoms with van der Waals surface area (Å²) < 4.78 is 41.0. The molecule has 1 aliphatic heterocycles. The zero-order valence-electron chi connectivity index (χ0n) is 12.7. The summed E-state index contributed by atoms with van der Waals surface area (Å²) >= 11 is 1.01. The number of hydrogen-bond donors (Lipinski definition) is 2. The number of nitrogens with zero attached hydrogens (tertiary/aromatic N) is 2. The summed E-state index contributed by atoms with van der Waals surface area (Å²) in [5, 5.41) is 2.81. The van der Waals surface area contributed by atoms with E-state index in [-0.39, 0.29) is 23.3 Å². The molecule has 1 atom stereocenters. The highest BCUT2D eigenvalue weighted by atomic mass is 32.1. The summed E-state index contributed by atoms with van der Waals surface area (Å²) in [5.74, 6) is -1.08. The van der Waals surface area contributed by atoms with Gasteiger partial charge in [-0.05, 0) is 18.6 Å². The smallest absolute Gasteiger partial charge is 0.406 e. The maximum absolute atomic E-state index is 12.3. The molecule has 134 valence electrons. The molecule has 0 saturated carbocycles. The van der Waals surface area contributed by atoms with E-state index in [0.717, 1.165) is 17.4 Å². The minimum absolute atomic E-state index is 0.174. The van der Waals surface area contributed by atoms with Gasteiger partial charge in [-0.3, -0.25) is 9.59 Å². The summed E-state index contributed by atoms with van der Waals surface area (Å²) in [6.07, 6.45) is -4.26. The summed E-state index contributed by atoms with van der Waals surface area (Å²) in [5.41, 5.74) is 5.71. The van der Waals surface area contributed by atoms with Crippen LogP contribution >= 0.6 is 11.3 Å². The van der Waals surface area contributed by atoms with Crippen LogP contribution < -0.4 is 15.8 Å². The number of thiazole rings is 1. The second-order valence-corrected chi connectivity index (χ2v) is 6.31. The molecule has 1 fully saturated rings. The quantitative estimate of drug-likeness (QED) is 0.849. The fourth-order valence-electron chi connectivity index (χ4n) is 2.42. The third kappa shape index (κ3) is 3.82. The average molecular weight is 374 g/mol. The van der Waals surface area contributed by atoms with Gasteiger partial charge in [-0.2, -0.15) is 0 Å². The highest BCUT2D eigenvalue weighted by molar-refractivity contribution is 7.22. The molecular formula is C14H13F3N4O3S. The molecule has 1 unspecified atom stereocenters. The molecule has 1 aromatic heterocycles. The number of halogens is 3. The second kappa shape index (κ2) is 6.48. The van der Waals surface area contributed by atoms with Crippen molar-refractivity contribution in [3.8, 4) is 5.75 Å². The fraction of sp³-hybridized carbons (Fsp3) is 0.357. The second-order valence-electron chi connectivity index (χ2n) is 5.28. The molecule has 2 amide bonds. The molecule has 1 aromatic carbocycles. The molecule has 2 heterocycles. The highest BCUT2D eigenvalue weighted by Crippen LogP contribution is 2.32. The molecule has 25 heavy (non-hydrogen) atoms. The van der Waals surface area contributed by atoms with Gasteiger partial charge in [-0.1, -0.05) is 11.3 Å². The van der Waals surface area contributed by atoms with Gasteiger partial charge in [0, 0.05) is 12.6 Å². The van der Waals surface area contributed by atoms with Crippen molar-refractivity contribution in [1.82, 2.24) is 9.88 Å². The number of nitrogens with one attached hydrogen (secondary N) is 1. The van der Waals surface area contributed by atoms with Gasteiger partial charge in [0.1, 0.15) is 11.8 Å². The van der Waals surface area contributed by atoms with Crippen LogP contribution in [0.1, 0.15) is 6.42 Å². The number of benzene rings is 1. The summed E-state index contributed by atoms with van der Waals surface area (Å²) in [6, 6.07) is 3.11. The Morgan fingerprint density at radius 3 is 2.80 bits per heavy atom. The molecule has 1 aliphatic rings. The van der Waals surface area contributed by atoms with E-state index < -0.39 is 18.3 Å². The lowest BCUT2D eigenvalue weighted by atomic mass is 10.0. The Hall–Kier alpha value is -2.40. The Bertz CT molecular complexity index is 823.